The van der Waals surface area contributed by atoms with Gasteiger partial charge in [0.15, 0.2) is 9.84 Å². The first-order valence-corrected chi connectivity index (χ1v) is 9.08. The van der Waals surface area contributed by atoms with Crippen LogP contribution in [0, 0.1) is 6.92 Å². The number of aryl methyl sites for hydroxylation is 1. The molecule has 2 aromatic rings. The van der Waals surface area contributed by atoms with Gasteiger partial charge >= 0.3 is 0 Å². The van der Waals surface area contributed by atoms with Crippen molar-refractivity contribution >= 4 is 33.7 Å². The number of sulfone groups is 1. The molecule has 11 heteroatoms. The second-order valence-corrected chi connectivity index (χ2v) is 7.63. The Morgan fingerprint density at radius 3 is 2.56 bits per heavy atom. The number of hydrogen-bond donors (Lipinski definition) is 1. The molecule has 0 aliphatic heterocycles. The number of hydrogen-bond acceptors (Lipinski definition) is 7. The van der Waals surface area contributed by atoms with E-state index in [2.05, 4.69) is 25.8 Å². The largest absolute Gasteiger partial charge is 0.369 e. The van der Waals surface area contributed by atoms with Crippen LogP contribution in [0.25, 0.3) is 0 Å². The maximum absolute atomic E-state index is 12.5. The number of aliphatic imine (C=N–C) groups is 1. The van der Waals surface area contributed by atoms with E-state index in [1.165, 1.54) is 23.2 Å². The molecule has 1 aromatic carbocycles. The van der Waals surface area contributed by atoms with Gasteiger partial charge in [-0.1, -0.05) is 5.10 Å². The van der Waals surface area contributed by atoms with E-state index in [9.17, 15) is 13.2 Å². The van der Waals surface area contributed by atoms with Gasteiger partial charge < -0.3 is 4.90 Å². The number of tetrazole rings is 1. The number of nitrogens with one attached hydrogen (secondary N) is 1. The number of rotatable bonds is 5. The van der Waals surface area contributed by atoms with Crippen LogP contribution in [-0.4, -0.2) is 66.1 Å². The summed E-state index contributed by atoms with van der Waals surface area (Å²) in [5, 5.41) is 13.3. The highest BCUT2D eigenvalue weighted by atomic mass is 32.2. The molecule has 0 atom stereocenters. The molecule has 134 valence electrons. The van der Waals surface area contributed by atoms with Crippen molar-refractivity contribution in [3.05, 3.63) is 23.3 Å². The van der Waals surface area contributed by atoms with Crippen LogP contribution in [0.4, 0.5) is 11.6 Å². The molecule has 25 heavy (non-hydrogen) atoms. The third kappa shape index (κ3) is 4.18. The molecule has 0 radical (unpaired) electrons. The Bertz CT molecular complexity index is 932. The van der Waals surface area contributed by atoms with Crippen LogP contribution in [0.15, 0.2) is 22.0 Å². The summed E-state index contributed by atoms with van der Waals surface area (Å²) in [5.41, 5.74) is 0.940. The van der Waals surface area contributed by atoms with Crippen molar-refractivity contribution in [1.29, 1.82) is 0 Å². The van der Waals surface area contributed by atoms with Crippen LogP contribution in [0.3, 0.4) is 0 Å². The average Bonchev–Trinajstić information content (AvgIpc) is 2.89. The van der Waals surface area contributed by atoms with Crippen molar-refractivity contribution in [3.63, 3.8) is 0 Å². The van der Waals surface area contributed by atoms with E-state index in [1.807, 2.05) is 0 Å². The monoisotopic (exact) mass is 365 g/mol. The van der Waals surface area contributed by atoms with Gasteiger partial charge in [0.2, 0.25) is 5.95 Å². The first kappa shape index (κ1) is 18.5. The van der Waals surface area contributed by atoms with Crippen molar-refractivity contribution in [2.45, 2.75) is 11.8 Å². The second kappa shape index (κ2) is 6.97. The van der Waals surface area contributed by atoms with Crippen molar-refractivity contribution in [2.75, 3.05) is 25.7 Å². The van der Waals surface area contributed by atoms with Crippen LogP contribution in [0.1, 0.15) is 15.9 Å². The van der Waals surface area contributed by atoms with Crippen molar-refractivity contribution in [2.24, 2.45) is 12.0 Å². The minimum atomic E-state index is -3.50. The summed E-state index contributed by atoms with van der Waals surface area (Å²) in [5.74, 6) is -0.285. The maximum atomic E-state index is 12.5. The second-order valence-electron chi connectivity index (χ2n) is 5.65. The Morgan fingerprint density at radius 1 is 1.36 bits per heavy atom. The van der Waals surface area contributed by atoms with Crippen molar-refractivity contribution in [3.8, 4) is 0 Å². The number of nitrogens with zero attached hydrogens (tertiary/aromatic N) is 6. The fourth-order valence-corrected chi connectivity index (χ4v) is 2.93. The van der Waals surface area contributed by atoms with Crippen molar-refractivity contribution < 1.29 is 13.2 Å². The smallest absolute Gasteiger partial charge is 0.258 e. The molecule has 0 spiro atoms. The molecule has 1 heterocycles. The third-order valence-corrected chi connectivity index (χ3v) is 4.43. The number of carbonyl (C=O) groups excluding carboxylic acids is 1. The Morgan fingerprint density at radius 2 is 2.04 bits per heavy atom. The zero-order chi connectivity index (χ0) is 18.8. The summed E-state index contributed by atoms with van der Waals surface area (Å²) in [4.78, 5) is 18.5. The summed E-state index contributed by atoms with van der Waals surface area (Å²) in [6.45, 7) is 1.64. The zero-order valence-corrected chi connectivity index (χ0v) is 15.4. The topological polar surface area (TPSA) is 122 Å². The molecule has 1 aromatic heterocycles. The van der Waals surface area contributed by atoms with E-state index >= 15 is 0 Å². The number of aromatic nitrogens is 4. The lowest BCUT2D eigenvalue weighted by Gasteiger charge is -2.13. The fourth-order valence-electron chi connectivity index (χ4n) is 2.06. The molecule has 0 saturated carbocycles. The summed E-state index contributed by atoms with van der Waals surface area (Å²) in [7, 11) is 1.60. The highest BCUT2D eigenvalue weighted by Gasteiger charge is 2.21. The standard InChI is InChI=1S/C14H19N7O3S/c1-9-10(13(22)16-14-17-18-19-21(14)4)6-7-11(25(5,23)24)12(9)15-8-20(2)3/h6-8H,1-5H3,(H,16,17,19,22). The Labute approximate surface area is 145 Å². The van der Waals surface area contributed by atoms with Crippen LogP contribution in [-0.2, 0) is 16.9 Å². The van der Waals surface area contributed by atoms with Gasteiger partial charge in [-0.3, -0.25) is 10.1 Å². The molecule has 1 N–H and O–H groups in total. The minimum Gasteiger partial charge on any atom is -0.369 e. The lowest BCUT2D eigenvalue weighted by Crippen LogP contribution is -2.17. The molecule has 10 nitrogen and oxygen atoms in total. The van der Waals surface area contributed by atoms with E-state index in [0.29, 0.717) is 5.56 Å². The van der Waals surface area contributed by atoms with Crippen molar-refractivity contribution in [1.82, 2.24) is 25.1 Å². The predicted octanol–water partition coefficient (Wildman–Crippen LogP) is 0.396. The first-order chi connectivity index (χ1) is 11.6. The SMILES string of the molecule is Cc1c(C(=O)Nc2nnnn2C)ccc(S(C)(=O)=O)c1N=CN(C)C. The molecule has 2 rings (SSSR count). The van der Waals surface area contributed by atoms with Gasteiger partial charge in [0, 0.05) is 33.0 Å². The normalized spacial score (nSPS) is 11.7. The van der Waals surface area contributed by atoms with E-state index in [0.717, 1.165) is 6.26 Å². The van der Waals surface area contributed by atoms with Gasteiger partial charge in [-0.15, -0.1) is 0 Å². The van der Waals surface area contributed by atoms with E-state index in [1.54, 1.807) is 33.0 Å². The molecular formula is C14H19N7O3S. The Balaban J connectivity index is 2.52. The van der Waals surface area contributed by atoms with Gasteiger partial charge in [0.1, 0.15) is 0 Å². The van der Waals surface area contributed by atoms with E-state index in [4.69, 9.17) is 0 Å². The van der Waals surface area contributed by atoms with Gasteiger partial charge in [0.25, 0.3) is 5.91 Å². The molecule has 0 fully saturated rings. The van der Waals surface area contributed by atoms with Crippen LogP contribution < -0.4 is 5.32 Å². The lowest BCUT2D eigenvalue weighted by atomic mass is 10.1. The van der Waals surface area contributed by atoms with Gasteiger partial charge in [-0.05, 0) is 35.0 Å². The van der Waals surface area contributed by atoms with Crippen LogP contribution in [0.5, 0.6) is 0 Å². The van der Waals surface area contributed by atoms with E-state index < -0.39 is 15.7 Å². The number of anilines is 1. The molecule has 0 saturated heterocycles. The van der Waals surface area contributed by atoms with Gasteiger partial charge in [0.05, 0.1) is 16.9 Å². The van der Waals surface area contributed by atoms with Crippen LogP contribution in [0.2, 0.25) is 0 Å². The lowest BCUT2D eigenvalue weighted by molar-refractivity contribution is 0.102. The Hall–Kier alpha value is -2.82. The predicted molar refractivity (Wildman–Crippen MR) is 92.9 cm³/mol. The first-order valence-electron chi connectivity index (χ1n) is 7.19. The molecular weight excluding hydrogens is 346 g/mol. The zero-order valence-electron chi connectivity index (χ0n) is 14.5. The summed E-state index contributed by atoms with van der Waals surface area (Å²) in [6, 6.07) is 2.81. The maximum Gasteiger partial charge on any atom is 0.258 e. The van der Waals surface area contributed by atoms with Gasteiger partial charge in [-0.2, -0.15) is 0 Å². The molecule has 0 aliphatic rings. The fraction of sp³-hybridized carbons (Fsp3) is 0.357. The molecule has 0 aliphatic carbocycles. The number of benzene rings is 1. The van der Waals surface area contributed by atoms with E-state index in [-0.39, 0.29) is 22.1 Å². The Kier molecular flexibility index (Phi) is 5.16. The van der Waals surface area contributed by atoms with Crippen LogP contribution >= 0.6 is 0 Å². The summed E-state index contributed by atoms with van der Waals surface area (Å²) >= 11 is 0. The third-order valence-electron chi connectivity index (χ3n) is 3.30. The highest BCUT2D eigenvalue weighted by molar-refractivity contribution is 7.90. The summed E-state index contributed by atoms with van der Waals surface area (Å²) < 4.78 is 25.3. The summed E-state index contributed by atoms with van der Waals surface area (Å²) in [6.07, 6.45) is 2.58. The minimum absolute atomic E-state index is 0.0555. The molecule has 1 amide bonds. The number of amides is 1. The highest BCUT2D eigenvalue weighted by Crippen LogP contribution is 2.31. The molecule has 0 unspecified atom stereocenters. The van der Waals surface area contributed by atoms with Gasteiger partial charge in [-0.25, -0.2) is 18.1 Å². The molecule has 0 bridgehead atoms. The number of carbonyl (C=O) groups is 1. The average molecular weight is 365 g/mol. The quantitative estimate of drug-likeness (QED) is 0.601.